The quantitative estimate of drug-likeness (QED) is 0.880. The van der Waals surface area contributed by atoms with Crippen LogP contribution in [0.25, 0.3) is 0 Å². The zero-order valence-electron chi connectivity index (χ0n) is 10.4. The molecule has 3 N–H and O–H groups in total. The molecular weight excluding hydrogens is 274 g/mol. The van der Waals surface area contributed by atoms with E-state index in [1.807, 2.05) is 0 Å². The number of nitrogens with two attached hydrogens (primary N) is 1. The zero-order valence-corrected chi connectivity index (χ0v) is 11.2. The molecule has 19 heavy (non-hydrogen) atoms. The highest BCUT2D eigenvalue weighted by molar-refractivity contribution is 5.98. The second-order valence-electron chi connectivity index (χ2n) is 4.83. The van der Waals surface area contributed by atoms with Gasteiger partial charge in [0.25, 0.3) is 0 Å². The minimum atomic E-state index is -0.916. The molecule has 6 heteroatoms. The fourth-order valence-corrected chi connectivity index (χ4v) is 2.29. The third-order valence-electron chi connectivity index (χ3n) is 3.32. The Morgan fingerprint density at radius 3 is 2.16 bits per heavy atom. The van der Waals surface area contributed by atoms with Crippen molar-refractivity contribution in [1.29, 1.82) is 0 Å². The third kappa shape index (κ3) is 3.88. The van der Waals surface area contributed by atoms with Crippen LogP contribution in [0, 0.1) is 11.6 Å². The van der Waals surface area contributed by atoms with Gasteiger partial charge in [-0.05, 0) is 25.0 Å². The van der Waals surface area contributed by atoms with Crippen molar-refractivity contribution in [3.05, 3.63) is 29.8 Å². The second-order valence-corrected chi connectivity index (χ2v) is 4.83. The van der Waals surface area contributed by atoms with Crippen LogP contribution in [0.15, 0.2) is 18.2 Å². The summed E-state index contributed by atoms with van der Waals surface area (Å²) in [5.41, 5.74) is 5.22. The van der Waals surface area contributed by atoms with Gasteiger partial charge in [0.05, 0.1) is 5.54 Å². The molecule has 0 radical (unpaired) electrons. The summed E-state index contributed by atoms with van der Waals surface area (Å²) in [4.78, 5) is 12.0. The van der Waals surface area contributed by atoms with E-state index in [2.05, 4.69) is 5.32 Å². The lowest BCUT2D eigenvalue weighted by atomic mass is 9.82. The number of halogens is 3. The van der Waals surface area contributed by atoms with E-state index in [0.29, 0.717) is 12.8 Å². The summed E-state index contributed by atoms with van der Waals surface area (Å²) in [7, 11) is 0. The molecule has 0 saturated heterocycles. The van der Waals surface area contributed by atoms with Crippen LogP contribution < -0.4 is 11.1 Å². The van der Waals surface area contributed by atoms with Gasteiger partial charge in [0.1, 0.15) is 11.6 Å². The second kappa shape index (κ2) is 6.30. The van der Waals surface area contributed by atoms with Gasteiger partial charge >= 0.3 is 0 Å². The Kier molecular flexibility index (Phi) is 5.26. The van der Waals surface area contributed by atoms with E-state index in [1.165, 1.54) is 0 Å². The van der Waals surface area contributed by atoms with Gasteiger partial charge in [-0.1, -0.05) is 19.3 Å². The predicted molar refractivity (Wildman–Crippen MR) is 72.2 cm³/mol. The number of anilines is 1. The number of carbonyl (C=O) groups excluding carboxylic acids is 1. The molecule has 0 atom stereocenters. The summed E-state index contributed by atoms with van der Waals surface area (Å²) in [5, 5.41) is 2.49. The molecule has 0 heterocycles. The standard InChI is InChI=1S/C13H16F2N2O.ClH/c14-9-6-10(15)8-11(7-9)17-12(18)13(16)4-2-1-3-5-13;/h6-8H,1-5,16H2,(H,17,18);1H. The topological polar surface area (TPSA) is 55.1 Å². The maximum absolute atomic E-state index is 13.0. The summed E-state index contributed by atoms with van der Waals surface area (Å²) in [5.74, 6) is -1.81. The number of rotatable bonds is 2. The van der Waals surface area contributed by atoms with Crippen LogP contribution in [0.3, 0.4) is 0 Å². The van der Waals surface area contributed by atoms with Crippen LogP contribution in [-0.4, -0.2) is 11.4 Å². The van der Waals surface area contributed by atoms with Gasteiger partial charge in [0.15, 0.2) is 0 Å². The molecule has 0 bridgehead atoms. The molecule has 1 aromatic carbocycles. The predicted octanol–water partition coefficient (Wildman–Crippen LogP) is 2.99. The van der Waals surface area contributed by atoms with Crippen LogP contribution in [0.4, 0.5) is 14.5 Å². The van der Waals surface area contributed by atoms with Gasteiger partial charge in [0.2, 0.25) is 5.91 Å². The molecule has 106 valence electrons. The van der Waals surface area contributed by atoms with Crippen LogP contribution >= 0.6 is 12.4 Å². The highest BCUT2D eigenvalue weighted by atomic mass is 35.5. The number of amides is 1. The van der Waals surface area contributed by atoms with E-state index >= 15 is 0 Å². The van der Waals surface area contributed by atoms with Crippen molar-refractivity contribution in [3.8, 4) is 0 Å². The molecule has 0 aromatic heterocycles. The Morgan fingerprint density at radius 2 is 1.63 bits per heavy atom. The molecule has 1 amide bonds. The van der Waals surface area contributed by atoms with Gasteiger partial charge in [-0.15, -0.1) is 12.4 Å². The van der Waals surface area contributed by atoms with Crippen LogP contribution in [0.1, 0.15) is 32.1 Å². The molecule has 1 aliphatic carbocycles. The highest BCUT2D eigenvalue weighted by Crippen LogP contribution is 2.27. The van der Waals surface area contributed by atoms with Crippen molar-refractivity contribution in [1.82, 2.24) is 0 Å². The highest BCUT2D eigenvalue weighted by Gasteiger charge is 2.35. The molecule has 0 aliphatic heterocycles. The molecule has 1 aliphatic rings. The van der Waals surface area contributed by atoms with Gasteiger partial charge in [-0.3, -0.25) is 4.79 Å². The van der Waals surface area contributed by atoms with Gasteiger partial charge in [0, 0.05) is 11.8 Å². The minimum Gasteiger partial charge on any atom is -0.324 e. The molecule has 2 rings (SSSR count). The molecule has 1 aromatic rings. The smallest absolute Gasteiger partial charge is 0.244 e. The Labute approximate surface area is 117 Å². The minimum absolute atomic E-state index is 0. The SMILES string of the molecule is Cl.NC1(C(=O)Nc2cc(F)cc(F)c2)CCCCC1. The lowest BCUT2D eigenvalue weighted by Gasteiger charge is -2.31. The van der Waals surface area contributed by atoms with Gasteiger partial charge in [-0.25, -0.2) is 8.78 Å². The first-order valence-electron chi connectivity index (χ1n) is 6.06. The maximum atomic E-state index is 13.0. The number of hydrogen-bond acceptors (Lipinski definition) is 2. The van der Waals surface area contributed by atoms with Crippen LogP contribution in [0.5, 0.6) is 0 Å². The third-order valence-corrected chi connectivity index (χ3v) is 3.32. The summed E-state index contributed by atoms with van der Waals surface area (Å²) in [6, 6.07) is 2.91. The molecule has 0 spiro atoms. The Morgan fingerprint density at radius 1 is 1.11 bits per heavy atom. The Balaban J connectivity index is 0.00000180. The Hall–Kier alpha value is -1.20. The Bertz CT molecular complexity index is 442. The number of hydrogen-bond donors (Lipinski definition) is 2. The van der Waals surface area contributed by atoms with Crippen LogP contribution in [-0.2, 0) is 4.79 Å². The van der Waals surface area contributed by atoms with Crippen molar-refractivity contribution < 1.29 is 13.6 Å². The molecule has 1 saturated carbocycles. The van der Waals surface area contributed by atoms with Gasteiger partial charge in [-0.2, -0.15) is 0 Å². The number of carbonyl (C=O) groups is 1. The van der Waals surface area contributed by atoms with E-state index in [4.69, 9.17) is 5.73 Å². The van der Waals surface area contributed by atoms with Crippen molar-refractivity contribution in [3.63, 3.8) is 0 Å². The van der Waals surface area contributed by atoms with Crippen molar-refractivity contribution in [2.24, 2.45) is 5.73 Å². The molecule has 0 unspecified atom stereocenters. The van der Waals surface area contributed by atoms with E-state index < -0.39 is 17.2 Å². The normalized spacial score (nSPS) is 17.4. The fourth-order valence-electron chi connectivity index (χ4n) is 2.29. The molecular formula is C13H17ClF2N2O. The summed E-state index contributed by atoms with van der Waals surface area (Å²) >= 11 is 0. The average Bonchev–Trinajstić information content (AvgIpc) is 2.28. The van der Waals surface area contributed by atoms with Gasteiger partial charge < -0.3 is 11.1 Å². The first kappa shape index (κ1) is 15.9. The average molecular weight is 291 g/mol. The van der Waals surface area contributed by atoms with Crippen molar-refractivity contribution in [2.45, 2.75) is 37.6 Å². The van der Waals surface area contributed by atoms with E-state index in [1.54, 1.807) is 0 Å². The lowest BCUT2D eigenvalue weighted by molar-refractivity contribution is -0.122. The van der Waals surface area contributed by atoms with E-state index in [9.17, 15) is 13.6 Å². The lowest BCUT2D eigenvalue weighted by Crippen LogP contribution is -2.52. The summed E-state index contributed by atoms with van der Waals surface area (Å²) in [6.07, 6.45) is 4.09. The van der Waals surface area contributed by atoms with E-state index in [0.717, 1.165) is 37.5 Å². The monoisotopic (exact) mass is 290 g/mol. The molecule has 1 fully saturated rings. The zero-order chi connectivity index (χ0) is 13.2. The number of nitrogens with one attached hydrogen (secondary N) is 1. The largest absolute Gasteiger partial charge is 0.324 e. The summed E-state index contributed by atoms with van der Waals surface area (Å²) < 4.78 is 26.0. The van der Waals surface area contributed by atoms with Crippen LogP contribution in [0.2, 0.25) is 0 Å². The maximum Gasteiger partial charge on any atom is 0.244 e. The van der Waals surface area contributed by atoms with Crippen molar-refractivity contribution >= 4 is 24.0 Å². The van der Waals surface area contributed by atoms with E-state index in [-0.39, 0.29) is 24.0 Å². The summed E-state index contributed by atoms with van der Waals surface area (Å²) in [6.45, 7) is 0. The van der Waals surface area contributed by atoms with Crippen molar-refractivity contribution in [2.75, 3.05) is 5.32 Å². The first-order chi connectivity index (χ1) is 8.49. The fraction of sp³-hybridized carbons (Fsp3) is 0.462. The first-order valence-corrected chi connectivity index (χ1v) is 6.06. The number of benzene rings is 1. The molecule has 3 nitrogen and oxygen atoms in total.